The van der Waals surface area contributed by atoms with E-state index in [9.17, 15) is 47.9 Å². The Bertz CT molecular complexity index is 2560. The number of rotatable bonds is 41. The number of Topliss-reactive ketones (excluding diaryl/α,β-unsaturated/α-hetero) is 2. The van der Waals surface area contributed by atoms with Gasteiger partial charge >= 0.3 is 5.97 Å². The van der Waals surface area contributed by atoms with Crippen LogP contribution in [0.3, 0.4) is 0 Å². The Morgan fingerprint density at radius 2 is 1.55 bits per heavy atom. The molecule has 1 saturated heterocycles. The summed E-state index contributed by atoms with van der Waals surface area (Å²) in [4.78, 5) is 143. The Kier molecular flexibility index (Phi) is 32.3. The highest BCUT2D eigenvalue weighted by molar-refractivity contribution is 8.00. The van der Waals surface area contributed by atoms with Gasteiger partial charge in [0.05, 0.1) is 30.6 Å². The average Bonchev–Trinajstić information content (AvgIpc) is 2.42. The molecule has 5 unspecified atom stereocenters. The van der Waals surface area contributed by atoms with E-state index in [0.717, 1.165) is 22.5 Å². The summed E-state index contributed by atoms with van der Waals surface area (Å²) in [5, 5.41) is 13.2. The van der Waals surface area contributed by atoms with E-state index in [0.29, 0.717) is 56.9 Å². The minimum atomic E-state index is -0.948. The molecule has 0 aliphatic carbocycles. The fraction of sp³-hybridized carbons (Fsp3) is 0.698. The number of nitrogens with zero attached hydrogens (tertiary/aromatic N) is 4. The number of aryl methyl sites for hydroxylation is 1. The molecular weight excluding hydrogens is 1140 g/mol. The van der Waals surface area contributed by atoms with Crippen LogP contribution in [0.15, 0.2) is 29.6 Å². The van der Waals surface area contributed by atoms with Gasteiger partial charge in [-0.15, -0.1) is 11.3 Å². The molecule has 0 spiro atoms. The number of hydrogen-bond donors (Lipinski definition) is 4. The number of aromatic nitrogens is 1. The molecule has 1 aromatic carbocycles. The van der Waals surface area contributed by atoms with Gasteiger partial charge in [-0.2, -0.15) is 11.8 Å². The number of carbonyl (C=O) groups excluding carboxylic acids is 10. The van der Waals surface area contributed by atoms with Crippen molar-refractivity contribution in [3.8, 4) is 0 Å². The van der Waals surface area contributed by atoms with E-state index >= 15 is 0 Å². The number of amides is 7. The maximum atomic E-state index is 14.5. The second-order valence-electron chi connectivity index (χ2n) is 24.0. The third-order valence-corrected chi connectivity index (χ3v) is 18.3. The molecule has 482 valence electrons. The largest absolute Gasteiger partial charge is 0.455 e. The van der Waals surface area contributed by atoms with Crippen LogP contribution in [0.5, 0.6) is 0 Å². The van der Waals surface area contributed by atoms with E-state index in [4.69, 9.17) is 19.2 Å². The normalized spacial score (nSPS) is 16.4. The molecule has 4 N–H and O–H groups in total. The molecule has 7 amide bonds. The minimum Gasteiger partial charge on any atom is -0.455 e. The van der Waals surface area contributed by atoms with Crippen LogP contribution in [0, 0.1) is 36.5 Å². The first-order valence-corrected chi connectivity index (χ1v) is 32.5. The lowest BCUT2D eigenvalue weighted by atomic mass is 9.81. The summed E-state index contributed by atoms with van der Waals surface area (Å²) in [6.45, 7) is 19.9. The molecule has 1 aromatic heterocycles. The summed E-state index contributed by atoms with van der Waals surface area (Å²) in [5.41, 5.74) is 1.28. The van der Waals surface area contributed by atoms with Crippen LogP contribution in [0.2, 0.25) is 0 Å². The summed E-state index contributed by atoms with van der Waals surface area (Å²) in [5.74, 6) is -5.29. The summed E-state index contributed by atoms with van der Waals surface area (Å²) in [6, 6.07) is 5.91. The third-order valence-electron chi connectivity index (χ3n) is 16.5. The minimum absolute atomic E-state index is 0.0381. The van der Waals surface area contributed by atoms with Crippen molar-refractivity contribution >= 4 is 82.0 Å². The van der Waals surface area contributed by atoms with Gasteiger partial charge in [0.25, 0.3) is 5.91 Å². The number of hydrogen-bond acceptors (Lipinski definition) is 17. The van der Waals surface area contributed by atoms with Crippen molar-refractivity contribution in [1.82, 2.24) is 41.0 Å². The van der Waals surface area contributed by atoms with Gasteiger partial charge in [-0.1, -0.05) is 77.8 Å². The van der Waals surface area contributed by atoms with E-state index in [1.165, 1.54) is 23.6 Å². The molecule has 0 radical (unpaired) electrons. The van der Waals surface area contributed by atoms with E-state index in [2.05, 4.69) is 21.3 Å². The Hall–Kier alpha value is -5.62. The summed E-state index contributed by atoms with van der Waals surface area (Å²) >= 11 is 2.49. The number of likely N-dealkylation sites (N-methyl/N-ethyl adjacent to an activating group) is 1. The van der Waals surface area contributed by atoms with Gasteiger partial charge in [0, 0.05) is 108 Å². The Balaban J connectivity index is 1.73. The van der Waals surface area contributed by atoms with Gasteiger partial charge in [0.15, 0.2) is 11.9 Å². The van der Waals surface area contributed by atoms with E-state index in [1.807, 2.05) is 91.7 Å². The fourth-order valence-corrected chi connectivity index (χ4v) is 11.5. The maximum Gasteiger partial charge on any atom is 0.303 e. The molecule has 86 heavy (non-hydrogen) atoms. The van der Waals surface area contributed by atoms with Gasteiger partial charge < -0.3 is 40.4 Å². The monoisotopic (exact) mass is 1240 g/mol. The lowest BCUT2D eigenvalue weighted by Crippen LogP contribution is -2.50. The number of thiazole rings is 1. The number of nitrogens with one attached hydrogen (secondary N) is 4. The second-order valence-corrected chi connectivity index (χ2v) is 26.0. The highest BCUT2D eigenvalue weighted by atomic mass is 32.2. The van der Waals surface area contributed by atoms with Crippen LogP contribution in [0.4, 0.5) is 0 Å². The smallest absolute Gasteiger partial charge is 0.303 e. The van der Waals surface area contributed by atoms with Crippen LogP contribution in [0.25, 0.3) is 0 Å². The topological polar surface area (TPSA) is 269 Å². The third kappa shape index (κ3) is 24.2. The van der Waals surface area contributed by atoms with Gasteiger partial charge in [-0.05, 0) is 97.0 Å². The molecule has 1 aliphatic heterocycles. The molecule has 23 heteroatoms. The van der Waals surface area contributed by atoms with E-state index < -0.39 is 71.2 Å². The average molecular weight is 1240 g/mol. The molecule has 0 bridgehead atoms. The molecule has 3 rings (SSSR count). The van der Waals surface area contributed by atoms with Crippen LogP contribution in [-0.4, -0.2) is 181 Å². The number of esters is 1. The molecule has 21 nitrogen and oxygen atoms in total. The quantitative estimate of drug-likeness (QED) is 0.0307. The number of likely N-dealkylation sites (tertiary alicyclic amines) is 1. The number of imide groups is 1. The second kappa shape index (κ2) is 37.3. The fourth-order valence-electron chi connectivity index (χ4n) is 10.0. The standard InChI is InChI=1S/C63H100N8O13S2/c1-16-41(5)47(35-54(74)63(9,10)69(11)12)61(80)70(13)50(39(2)3)36-52(84-44(8)72)60-68-49(38-86-60)59(79)66-46(34-45-24-22-40(4)23-25-45)32-42(6)51(73)33-43(7)57(77)67-48(58(78)65-27-29-83-31-30-82-14)20-17-18-26-64-55(75)21-19-28-71-56(76)37-53(85-15)62(71)81/h22-25,38-39,41-43,46-48,50,52-53H,16-21,26-37H2,1-15H3,(H,64,75)(H,65,78)(H,66,79)(H,67,77)/t41?,42?,43?,46-,47+,48?,50-,52-,53?/m1/s1. The van der Waals surface area contributed by atoms with Crippen molar-refractivity contribution in [2.45, 2.75) is 181 Å². The molecule has 2 aromatic rings. The first-order chi connectivity index (χ1) is 40.6. The lowest BCUT2D eigenvalue weighted by Gasteiger charge is -2.38. The highest BCUT2D eigenvalue weighted by Crippen LogP contribution is 2.33. The van der Waals surface area contributed by atoms with Crippen LogP contribution in [0.1, 0.15) is 166 Å². The number of unbranched alkanes of at least 4 members (excludes halogenated alkanes) is 1. The van der Waals surface area contributed by atoms with Crippen LogP contribution >= 0.6 is 23.1 Å². The number of ether oxygens (including phenoxy) is 3. The molecule has 0 saturated carbocycles. The van der Waals surface area contributed by atoms with Crippen LogP contribution < -0.4 is 21.3 Å². The van der Waals surface area contributed by atoms with Crippen molar-refractivity contribution in [2.75, 3.05) is 74.0 Å². The van der Waals surface area contributed by atoms with Gasteiger partial charge in [0.1, 0.15) is 22.5 Å². The first kappa shape index (κ1) is 74.6. The molecule has 9 atom stereocenters. The van der Waals surface area contributed by atoms with E-state index in [-0.39, 0.29) is 123 Å². The van der Waals surface area contributed by atoms with Gasteiger partial charge in [-0.25, -0.2) is 4.98 Å². The highest BCUT2D eigenvalue weighted by Gasteiger charge is 2.40. The van der Waals surface area contributed by atoms with Crippen molar-refractivity contribution < 1.29 is 62.2 Å². The number of thioether (sulfide) groups is 1. The lowest BCUT2D eigenvalue weighted by molar-refractivity contribution is -0.150. The zero-order valence-corrected chi connectivity index (χ0v) is 55.4. The van der Waals surface area contributed by atoms with Crippen molar-refractivity contribution in [2.24, 2.45) is 29.6 Å². The summed E-state index contributed by atoms with van der Waals surface area (Å²) < 4.78 is 16.4. The number of benzene rings is 1. The zero-order chi connectivity index (χ0) is 64.4. The van der Waals surface area contributed by atoms with Crippen LogP contribution in [-0.2, 0) is 63.8 Å². The Labute approximate surface area is 519 Å². The summed E-state index contributed by atoms with van der Waals surface area (Å²) in [7, 11) is 6.96. The van der Waals surface area contributed by atoms with Crippen molar-refractivity contribution in [3.05, 3.63) is 51.5 Å². The molecule has 1 fully saturated rings. The summed E-state index contributed by atoms with van der Waals surface area (Å²) in [6.07, 6.45) is 4.12. The SMILES string of the molecule is CCC(C)[C@H](CC(=O)C(C)(C)N(C)C)C(=O)N(C)[C@H](C[C@@H](OC(C)=O)c1nc(C(=O)N[C@@H](Cc2ccc(C)cc2)CC(C)C(=O)CC(C)C(=O)NC(CCCCNC(=O)CCCN2C(=O)CC(SC)C2=O)C(=O)NCCOCCOC)cs1)C(C)C. The van der Waals surface area contributed by atoms with Gasteiger partial charge in [-0.3, -0.25) is 57.7 Å². The Morgan fingerprint density at radius 3 is 2.15 bits per heavy atom. The molecule has 1 aliphatic rings. The predicted molar refractivity (Wildman–Crippen MR) is 334 cm³/mol. The maximum absolute atomic E-state index is 14.5. The molecule has 2 heterocycles. The van der Waals surface area contributed by atoms with Gasteiger partial charge in [0.2, 0.25) is 35.4 Å². The van der Waals surface area contributed by atoms with Crippen molar-refractivity contribution in [3.63, 3.8) is 0 Å². The Morgan fingerprint density at radius 1 is 0.860 bits per heavy atom. The number of ketones is 2. The predicted octanol–water partition coefficient (Wildman–Crippen LogP) is 6.67. The number of methoxy groups -OCH3 is 1. The zero-order valence-electron chi connectivity index (χ0n) is 53.8. The molecular formula is C63H100N8O13S2. The van der Waals surface area contributed by atoms with Crippen molar-refractivity contribution in [1.29, 1.82) is 0 Å². The number of carbonyl (C=O) groups is 10. The van der Waals surface area contributed by atoms with E-state index in [1.54, 1.807) is 44.5 Å². The first-order valence-electron chi connectivity index (χ1n) is 30.3.